The lowest BCUT2D eigenvalue weighted by Gasteiger charge is -2.07. The average Bonchev–Trinajstić information content (AvgIpc) is 3.39. The molecule has 0 fully saturated rings. The van der Waals surface area contributed by atoms with Crippen LogP contribution in [-0.2, 0) is 4.74 Å². The van der Waals surface area contributed by atoms with E-state index in [-0.39, 0.29) is 11.6 Å². The molecule has 8 heteroatoms. The minimum absolute atomic E-state index is 0.217. The van der Waals surface area contributed by atoms with E-state index in [2.05, 4.69) is 15.2 Å². The van der Waals surface area contributed by atoms with Gasteiger partial charge in [-0.3, -0.25) is 0 Å². The maximum atomic E-state index is 12.4. The summed E-state index contributed by atoms with van der Waals surface area (Å²) in [5, 5.41) is 10.9. The van der Waals surface area contributed by atoms with Crippen molar-refractivity contribution in [3.05, 3.63) is 76.6 Å². The lowest BCUT2D eigenvalue weighted by Crippen LogP contribution is -2.10. The number of rotatable bonds is 5. The zero-order valence-corrected chi connectivity index (χ0v) is 16.3. The monoisotopic (exact) mass is 411 g/mol. The second-order valence-corrected chi connectivity index (χ2v) is 7.20. The summed E-state index contributed by atoms with van der Waals surface area (Å²) in [7, 11) is 0. The van der Waals surface area contributed by atoms with E-state index < -0.39 is 12.1 Å². The largest absolute Gasteiger partial charge is 0.448 e. The van der Waals surface area contributed by atoms with Gasteiger partial charge in [0.05, 0.1) is 0 Å². The third-order valence-corrected chi connectivity index (χ3v) is 5.00. The first-order valence-electron chi connectivity index (χ1n) is 8.41. The predicted octanol–water partition coefficient (Wildman–Crippen LogP) is 5.43. The second kappa shape index (κ2) is 7.92. The van der Waals surface area contributed by atoms with Crippen LogP contribution in [0.4, 0.5) is 0 Å². The van der Waals surface area contributed by atoms with Crippen molar-refractivity contribution in [1.82, 2.24) is 15.2 Å². The van der Waals surface area contributed by atoms with Gasteiger partial charge < -0.3 is 9.15 Å². The van der Waals surface area contributed by atoms with Crippen LogP contribution in [0, 0.1) is 0 Å². The van der Waals surface area contributed by atoms with E-state index in [4.69, 9.17) is 20.8 Å². The first kappa shape index (κ1) is 18.3. The first-order chi connectivity index (χ1) is 13.6. The van der Waals surface area contributed by atoms with E-state index in [1.54, 1.807) is 24.4 Å². The van der Waals surface area contributed by atoms with Gasteiger partial charge in [-0.05, 0) is 31.2 Å². The Morgan fingerprint density at radius 2 is 1.89 bits per heavy atom. The topological polar surface area (TPSA) is 78.1 Å². The zero-order valence-electron chi connectivity index (χ0n) is 14.7. The highest BCUT2D eigenvalue weighted by molar-refractivity contribution is 7.13. The number of ether oxygens (including phenoxy) is 1. The van der Waals surface area contributed by atoms with Gasteiger partial charge in [0, 0.05) is 21.5 Å². The molecular formula is C20H14ClN3O3S. The summed E-state index contributed by atoms with van der Waals surface area (Å²) >= 11 is 7.35. The number of carbonyl (C=O) groups is 1. The first-order valence-corrected chi connectivity index (χ1v) is 9.67. The molecule has 2 aromatic heterocycles. The van der Waals surface area contributed by atoms with Gasteiger partial charge in [0.1, 0.15) is 5.01 Å². The molecular weight excluding hydrogens is 398 g/mol. The van der Waals surface area contributed by atoms with Crippen LogP contribution in [0.1, 0.15) is 29.4 Å². The number of benzene rings is 2. The van der Waals surface area contributed by atoms with Crippen molar-refractivity contribution in [1.29, 1.82) is 0 Å². The van der Waals surface area contributed by atoms with Gasteiger partial charge >= 0.3 is 5.97 Å². The third kappa shape index (κ3) is 3.95. The molecule has 0 radical (unpaired) electrons. The molecule has 0 saturated carbocycles. The lowest BCUT2D eigenvalue weighted by atomic mass is 10.2. The van der Waals surface area contributed by atoms with Crippen molar-refractivity contribution < 1.29 is 13.9 Å². The van der Waals surface area contributed by atoms with E-state index in [9.17, 15) is 4.79 Å². The molecule has 0 spiro atoms. The van der Waals surface area contributed by atoms with Gasteiger partial charge in [-0.2, -0.15) is 0 Å². The molecule has 140 valence electrons. The standard InChI is InChI=1S/C20H14ClN3O3S/c1-12(17-23-24-18(27-17)13-6-3-2-4-7-13)26-20(25)16-11-28-19(22-16)14-8-5-9-15(21)10-14/h2-12H,1H3/t12-/m0/s1. The molecule has 0 amide bonds. The van der Waals surface area contributed by atoms with Crippen LogP contribution in [0.3, 0.4) is 0 Å². The Morgan fingerprint density at radius 1 is 1.11 bits per heavy atom. The van der Waals surface area contributed by atoms with Gasteiger partial charge in [0.25, 0.3) is 5.89 Å². The number of nitrogens with zero attached hydrogens (tertiary/aromatic N) is 3. The molecule has 4 rings (SSSR count). The Labute approximate surface area is 169 Å². The minimum atomic E-state index is -0.700. The van der Waals surface area contributed by atoms with Crippen LogP contribution in [0.25, 0.3) is 22.0 Å². The number of carbonyl (C=O) groups excluding carboxylic acids is 1. The van der Waals surface area contributed by atoms with Crippen LogP contribution in [0.15, 0.2) is 64.4 Å². The normalized spacial score (nSPS) is 11.9. The maximum absolute atomic E-state index is 12.4. The van der Waals surface area contributed by atoms with Gasteiger partial charge in [-0.15, -0.1) is 21.5 Å². The van der Waals surface area contributed by atoms with Crippen molar-refractivity contribution in [2.45, 2.75) is 13.0 Å². The van der Waals surface area contributed by atoms with Crippen LogP contribution in [0.5, 0.6) is 0 Å². The number of esters is 1. The molecule has 1 atom stereocenters. The molecule has 2 heterocycles. The summed E-state index contributed by atoms with van der Waals surface area (Å²) in [6, 6.07) is 16.7. The molecule has 6 nitrogen and oxygen atoms in total. The van der Waals surface area contributed by atoms with E-state index in [1.807, 2.05) is 42.5 Å². The molecule has 0 N–H and O–H groups in total. The van der Waals surface area contributed by atoms with Crippen molar-refractivity contribution in [2.75, 3.05) is 0 Å². The summed E-state index contributed by atoms with van der Waals surface area (Å²) < 4.78 is 11.1. The smallest absolute Gasteiger partial charge is 0.358 e. The van der Waals surface area contributed by atoms with Gasteiger partial charge in [0.15, 0.2) is 11.8 Å². The Hall–Kier alpha value is -3.03. The Bertz CT molecular complexity index is 1110. The van der Waals surface area contributed by atoms with Crippen LogP contribution < -0.4 is 0 Å². The highest BCUT2D eigenvalue weighted by Crippen LogP contribution is 2.27. The van der Waals surface area contributed by atoms with Crippen molar-refractivity contribution in [3.8, 4) is 22.0 Å². The molecule has 0 unspecified atom stereocenters. The summed E-state index contributed by atoms with van der Waals surface area (Å²) in [5.41, 5.74) is 1.86. The average molecular weight is 412 g/mol. The van der Waals surface area contributed by atoms with Gasteiger partial charge in [-0.25, -0.2) is 9.78 Å². The summed E-state index contributed by atoms with van der Waals surface area (Å²) in [5.74, 6) is 0.0318. The molecule has 0 aliphatic rings. The molecule has 0 saturated heterocycles. The van der Waals surface area contributed by atoms with Crippen LogP contribution in [0.2, 0.25) is 5.02 Å². The minimum Gasteiger partial charge on any atom is -0.448 e. The predicted molar refractivity (Wildman–Crippen MR) is 106 cm³/mol. The number of thiazole rings is 1. The molecule has 4 aromatic rings. The van der Waals surface area contributed by atoms with Crippen LogP contribution >= 0.6 is 22.9 Å². The second-order valence-electron chi connectivity index (χ2n) is 5.91. The fourth-order valence-electron chi connectivity index (χ4n) is 2.49. The van der Waals surface area contributed by atoms with Crippen molar-refractivity contribution in [2.24, 2.45) is 0 Å². The number of aromatic nitrogens is 3. The highest BCUT2D eigenvalue weighted by atomic mass is 35.5. The summed E-state index contributed by atoms with van der Waals surface area (Å²) in [6.45, 7) is 1.67. The highest BCUT2D eigenvalue weighted by Gasteiger charge is 2.21. The van der Waals surface area contributed by atoms with Gasteiger partial charge in [-0.1, -0.05) is 41.9 Å². The van der Waals surface area contributed by atoms with E-state index in [0.29, 0.717) is 15.9 Å². The third-order valence-electron chi connectivity index (χ3n) is 3.88. The van der Waals surface area contributed by atoms with E-state index in [1.165, 1.54) is 11.3 Å². The summed E-state index contributed by atoms with van der Waals surface area (Å²) in [6.07, 6.45) is -0.700. The fraction of sp³-hybridized carbons (Fsp3) is 0.100. The number of hydrogen-bond donors (Lipinski definition) is 0. The number of hydrogen-bond acceptors (Lipinski definition) is 7. The summed E-state index contributed by atoms with van der Waals surface area (Å²) in [4.78, 5) is 16.8. The molecule has 28 heavy (non-hydrogen) atoms. The Balaban J connectivity index is 1.46. The fourth-order valence-corrected chi connectivity index (χ4v) is 3.47. The zero-order chi connectivity index (χ0) is 19.5. The quantitative estimate of drug-likeness (QED) is 0.407. The van der Waals surface area contributed by atoms with Crippen LogP contribution in [-0.4, -0.2) is 21.2 Å². The lowest BCUT2D eigenvalue weighted by molar-refractivity contribution is 0.0274. The molecule has 0 aliphatic heterocycles. The molecule has 0 bridgehead atoms. The van der Waals surface area contributed by atoms with Gasteiger partial charge in [0.2, 0.25) is 5.89 Å². The maximum Gasteiger partial charge on any atom is 0.358 e. The number of halogens is 1. The Morgan fingerprint density at radius 3 is 2.68 bits per heavy atom. The van der Waals surface area contributed by atoms with E-state index in [0.717, 1.165) is 11.1 Å². The van der Waals surface area contributed by atoms with Crippen molar-refractivity contribution >= 4 is 28.9 Å². The Kier molecular flexibility index (Phi) is 5.18. The molecule has 2 aromatic carbocycles. The molecule has 0 aliphatic carbocycles. The SMILES string of the molecule is C[C@H](OC(=O)c1csc(-c2cccc(Cl)c2)n1)c1nnc(-c2ccccc2)o1. The van der Waals surface area contributed by atoms with Crippen molar-refractivity contribution in [3.63, 3.8) is 0 Å². The van der Waals surface area contributed by atoms with E-state index >= 15 is 0 Å².